The minimum atomic E-state index is -2.94. The summed E-state index contributed by atoms with van der Waals surface area (Å²) in [5.74, 6) is 1.64. The maximum Gasteiger partial charge on any atom is 0.234 e. The van der Waals surface area contributed by atoms with E-state index in [4.69, 9.17) is 9.47 Å². The van der Waals surface area contributed by atoms with Crippen molar-refractivity contribution in [2.24, 2.45) is 13.0 Å². The van der Waals surface area contributed by atoms with Gasteiger partial charge in [0.25, 0.3) is 0 Å². The molecule has 1 amide bonds. The number of aromatic nitrogens is 3. The number of fused-ring (bicyclic) bond motifs is 1. The van der Waals surface area contributed by atoms with Gasteiger partial charge in [-0.2, -0.15) is 0 Å². The summed E-state index contributed by atoms with van der Waals surface area (Å²) < 4.78 is 35.7. The zero-order chi connectivity index (χ0) is 22.2. The van der Waals surface area contributed by atoms with Crippen LogP contribution in [0.5, 0.6) is 11.5 Å². The summed E-state index contributed by atoms with van der Waals surface area (Å²) in [7, 11) is -1.15. The lowest BCUT2D eigenvalue weighted by Crippen LogP contribution is -2.16. The molecule has 1 atom stereocenters. The van der Waals surface area contributed by atoms with Gasteiger partial charge >= 0.3 is 0 Å². The average molecular weight is 467 g/mol. The van der Waals surface area contributed by atoms with Crippen molar-refractivity contribution in [1.29, 1.82) is 0 Å². The van der Waals surface area contributed by atoms with Crippen LogP contribution in [0.4, 0.5) is 5.69 Å². The molecule has 1 aromatic heterocycles. The van der Waals surface area contributed by atoms with Gasteiger partial charge in [-0.25, -0.2) is 8.42 Å². The number of nitrogens with one attached hydrogen (secondary N) is 1. The fraction of sp³-hybridized carbons (Fsp3) is 0.474. The molecule has 2 aliphatic rings. The number of hydrogen-bond donors (Lipinski definition) is 1. The number of rotatable bonds is 7. The smallest absolute Gasteiger partial charge is 0.234 e. The summed E-state index contributed by atoms with van der Waals surface area (Å²) in [6.07, 6.45) is 1.17. The number of carbonyl (C=O) groups excluding carboxylic acids is 2. The van der Waals surface area contributed by atoms with Gasteiger partial charge in [-0.3, -0.25) is 9.59 Å². The van der Waals surface area contributed by atoms with Crippen molar-refractivity contribution >= 4 is 39.0 Å². The molecule has 3 heterocycles. The van der Waals surface area contributed by atoms with Crippen LogP contribution in [-0.4, -0.2) is 58.9 Å². The molecule has 0 bridgehead atoms. The summed E-state index contributed by atoms with van der Waals surface area (Å²) in [6, 6.07) is 3.14. The quantitative estimate of drug-likeness (QED) is 0.476. The molecule has 1 saturated heterocycles. The van der Waals surface area contributed by atoms with Crippen molar-refractivity contribution in [3.63, 3.8) is 0 Å². The van der Waals surface area contributed by atoms with Gasteiger partial charge in [-0.15, -0.1) is 10.2 Å². The van der Waals surface area contributed by atoms with Crippen molar-refractivity contribution < 1.29 is 27.5 Å². The van der Waals surface area contributed by atoms with Crippen molar-refractivity contribution in [2.75, 3.05) is 29.4 Å². The number of thioether (sulfide) groups is 1. The largest absolute Gasteiger partial charge is 0.454 e. The molecule has 0 saturated carbocycles. The van der Waals surface area contributed by atoms with E-state index in [0.29, 0.717) is 46.6 Å². The molecule has 0 aliphatic carbocycles. The first-order valence-electron chi connectivity index (χ1n) is 9.68. The van der Waals surface area contributed by atoms with E-state index in [-0.39, 0.29) is 41.7 Å². The molecular formula is C19H22N4O6S2. The van der Waals surface area contributed by atoms with Crippen molar-refractivity contribution in [2.45, 2.75) is 24.9 Å². The lowest BCUT2D eigenvalue weighted by Gasteiger charge is -2.11. The monoisotopic (exact) mass is 466 g/mol. The molecule has 1 unspecified atom stereocenters. The predicted octanol–water partition coefficient (Wildman–Crippen LogP) is 1.45. The van der Waals surface area contributed by atoms with Crippen LogP contribution in [0.15, 0.2) is 17.3 Å². The number of nitrogens with zero attached hydrogens (tertiary/aromatic N) is 3. The van der Waals surface area contributed by atoms with E-state index in [1.165, 1.54) is 18.7 Å². The van der Waals surface area contributed by atoms with Gasteiger partial charge < -0.3 is 19.4 Å². The average Bonchev–Trinajstić information content (AvgIpc) is 3.39. The highest BCUT2D eigenvalue weighted by atomic mass is 32.2. The summed E-state index contributed by atoms with van der Waals surface area (Å²) in [5.41, 5.74) is 0.707. The van der Waals surface area contributed by atoms with E-state index in [0.717, 1.165) is 0 Å². The Balaban J connectivity index is 1.38. The van der Waals surface area contributed by atoms with Gasteiger partial charge in [0.2, 0.25) is 12.7 Å². The topological polar surface area (TPSA) is 129 Å². The molecule has 1 aromatic carbocycles. The molecule has 2 aromatic rings. The van der Waals surface area contributed by atoms with E-state index in [1.807, 2.05) is 0 Å². The Morgan fingerprint density at radius 1 is 1.26 bits per heavy atom. The Morgan fingerprint density at radius 3 is 2.68 bits per heavy atom. The van der Waals surface area contributed by atoms with Crippen LogP contribution >= 0.6 is 11.8 Å². The summed E-state index contributed by atoms with van der Waals surface area (Å²) in [6.45, 7) is 1.49. The number of benzene rings is 1. The number of amides is 1. The zero-order valence-corrected chi connectivity index (χ0v) is 18.7. The highest BCUT2D eigenvalue weighted by Crippen LogP contribution is 2.37. The number of carbonyl (C=O) groups is 2. The first-order valence-corrected chi connectivity index (χ1v) is 12.5. The van der Waals surface area contributed by atoms with Crippen LogP contribution in [0, 0.1) is 5.92 Å². The summed E-state index contributed by atoms with van der Waals surface area (Å²) >= 11 is 1.21. The standard InChI is InChI=1S/C19H22N4O6S2/c1-11(24)13-6-15-16(29-10-28-15)7-14(13)20-18(25)8-30-19-22-21-17(23(19)2)5-12-3-4-31(26,27)9-12/h6-7,12H,3-5,8-10H2,1-2H3,(H,20,25). The van der Waals surface area contributed by atoms with Gasteiger partial charge in [-0.1, -0.05) is 11.8 Å². The number of ketones is 1. The summed E-state index contributed by atoms with van der Waals surface area (Å²) in [4.78, 5) is 24.4. The highest BCUT2D eigenvalue weighted by Gasteiger charge is 2.29. The fourth-order valence-corrected chi connectivity index (χ4v) is 6.18. The fourth-order valence-electron chi connectivity index (χ4n) is 3.59. The SMILES string of the molecule is CC(=O)c1cc2c(cc1NC(=O)CSc1nnc(CC3CCS(=O)(=O)C3)n1C)OCO2. The van der Waals surface area contributed by atoms with E-state index in [1.54, 1.807) is 23.7 Å². The molecule has 31 heavy (non-hydrogen) atoms. The maximum atomic E-state index is 12.5. The molecule has 2 aliphatic heterocycles. The normalized spacial score (nSPS) is 18.8. The molecule has 0 spiro atoms. The van der Waals surface area contributed by atoms with Crippen molar-refractivity contribution in [1.82, 2.24) is 14.8 Å². The maximum absolute atomic E-state index is 12.5. The Kier molecular flexibility index (Phi) is 5.93. The van der Waals surface area contributed by atoms with E-state index >= 15 is 0 Å². The lowest BCUT2D eigenvalue weighted by atomic mass is 10.1. The Hall–Kier alpha value is -2.60. The van der Waals surface area contributed by atoms with Gasteiger partial charge in [0, 0.05) is 25.1 Å². The van der Waals surface area contributed by atoms with Crippen LogP contribution in [0.3, 0.4) is 0 Å². The van der Waals surface area contributed by atoms with Gasteiger partial charge in [-0.05, 0) is 25.3 Å². The number of Topliss-reactive ketones (excluding diaryl/α,β-unsaturated/α-hetero) is 1. The Labute approximate surface area is 183 Å². The van der Waals surface area contributed by atoms with Crippen LogP contribution in [0.25, 0.3) is 0 Å². The molecule has 1 N–H and O–H groups in total. The van der Waals surface area contributed by atoms with Crippen LogP contribution < -0.4 is 14.8 Å². The third kappa shape index (κ3) is 4.85. The van der Waals surface area contributed by atoms with E-state index < -0.39 is 9.84 Å². The number of hydrogen-bond acceptors (Lipinski definition) is 9. The van der Waals surface area contributed by atoms with Gasteiger partial charge in [0.1, 0.15) is 5.82 Å². The van der Waals surface area contributed by atoms with Gasteiger partial charge in [0.05, 0.1) is 22.9 Å². The van der Waals surface area contributed by atoms with Crippen molar-refractivity contribution in [3.8, 4) is 11.5 Å². The number of ether oxygens (including phenoxy) is 2. The van der Waals surface area contributed by atoms with Gasteiger partial charge in [0.15, 0.2) is 32.3 Å². The Bertz CT molecular complexity index is 1140. The third-order valence-corrected chi connectivity index (χ3v) is 8.08. The van der Waals surface area contributed by atoms with Crippen LogP contribution in [-0.2, 0) is 28.1 Å². The Morgan fingerprint density at radius 2 is 2.00 bits per heavy atom. The molecule has 1 fully saturated rings. The third-order valence-electron chi connectivity index (χ3n) is 5.22. The second kappa shape index (κ2) is 8.50. The number of anilines is 1. The highest BCUT2D eigenvalue weighted by molar-refractivity contribution is 7.99. The van der Waals surface area contributed by atoms with Crippen LogP contribution in [0.2, 0.25) is 0 Å². The second-order valence-corrected chi connectivity index (χ2v) is 10.7. The number of sulfone groups is 1. The van der Waals surface area contributed by atoms with Crippen molar-refractivity contribution in [3.05, 3.63) is 23.5 Å². The minimum Gasteiger partial charge on any atom is -0.454 e. The van der Waals surface area contributed by atoms with E-state index in [9.17, 15) is 18.0 Å². The summed E-state index contributed by atoms with van der Waals surface area (Å²) in [5, 5.41) is 11.6. The predicted molar refractivity (Wildman–Crippen MR) is 113 cm³/mol. The minimum absolute atomic E-state index is 0.0463. The molecule has 0 radical (unpaired) electrons. The molecule has 12 heteroatoms. The molecule has 166 valence electrons. The van der Waals surface area contributed by atoms with Crippen LogP contribution in [0.1, 0.15) is 29.5 Å². The first-order chi connectivity index (χ1) is 14.7. The lowest BCUT2D eigenvalue weighted by molar-refractivity contribution is -0.113. The molecule has 10 nitrogen and oxygen atoms in total. The second-order valence-electron chi connectivity index (χ2n) is 7.58. The van der Waals surface area contributed by atoms with E-state index in [2.05, 4.69) is 15.5 Å². The zero-order valence-electron chi connectivity index (χ0n) is 17.1. The molecule has 4 rings (SSSR count). The first kappa shape index (κ1) is 21.6. The molecular weight excluding hydrogens is 444 g/mol.